The number of aryl methyl sites for hydroxylation is 1. The number of aliphatic hydroxyl groups is 1. The van der Waals surface area contributed by atoms with Crippen LogP contribution in [0.5, 0.6) is 0 Å². The number of nitrogens with two attached hydrogens (primary N) is 1. The van der Waals surface area contributed by atoms with Crippen LogP contribution in [0.3, 0.4) is 0 Å². The van der Waals surface area contributed by atoms with E-state index in [1.54, 1.807) is 33.0 Å². The van der Waals surface area contributed by atoms with Gasteiger partial charge < -0.3 is 39.6 Å². The van der Waals surface area contributed by atoms with Gasteiger partial charge in [0.2, 0.25) is 5.91 Å². The number of nitrogen functional groups attached to an aromatic ring is 1. The summed E-state index contributed by atoms with van der Waals surface area (Å²) in [4.78, 5) is 56.8. The second-order valence-corrected chi connectivity index (χ2v) is 15.9. The van der Waals surface area contributed by atoms with Gasteiger partial charge >= 0.3 is 11.9 Å². The minimum absolute atomic E-state index is 0.0232. The van der Waals surface area contributed by atoms with Gasteiger partial charge in [-0.25, -0.2) is 9.18 Å². The third-order valence-corrected chi connectivity index (χ3v) is 11.8. The lowest BCUT2D eigenvalue weighted by Crippen LogP contribution is -2.53. The van der Waals surface area contributed by atoms with Gasteiger partial charge in [-0.05, 0) is 63.4 Å². The summed E-state index contributed by atoms with van der Waals surface area (Å²) in [6.07, 6.45) is 1.67. The van der Waals surface area contributed by atoms with Crippen molar-refractivity contribution in [3.63, 3.8) is 0 Å². The molecule has 298 valence electrons. The topological polar surface area (TPSA) is 161 Å². The van der Waals surface area contributed by atoms with Crippen molar-refractivity contribution in [1.29, 1.82) is 0 Å². The maximum Gasteiger partial charge on any atom is 0.328 e. The van der Waals surface area contributed by atoms with Gasteiger partial charge in [0.1, 0.15) is 41.4 Å². The number of rotatable bonds is 5. The van der Waals surface area contributed by atoms with Gasteiger partial charge in [0, 0.05) is 33.5 Å². The number of nitrogens with zero attached hydrogens (tertiary/aromatic N) is 2. The number of fused-ring (bicyclic) bond motifs is 5. The number of likely N-dealkylation sites (N-methyl/N-ethyl adjacent to an activating group) is 1. The fraction of sp³-hybridized carbons (Fsp3) is 0.500. The third kappa shape index (κ3) is 8.71. The van der Waals surface area contributed by atoms with Crippen LogP contribution in [0.4, 0.5) is 15.8 Å². The van der Waals surface area contributed by atoms with Gasteiger partial charge in [0.25, 0.3) is 5.91 Å². The van der Waals surface area contributed by atoms with E-state index in [4.69, 9.17) is 47.9 Å². The smallest absolute Gasteiger partial charge is 0.328 e. The molecule has 2 aromatic carbocycles. The Morgan fingerprint density at radius 2 is 1.87 bits per heavy atom. The molecule has 2 fully saturated rings. The highest BCUT2D eigenvalue weighted by Gasteiger charge is 2.64. The predicted octanol–water partition coefficient (Wildman–Crippen LogP) is 5.75. The Kier molecular flexibility index (Phi) is 12.4. The van der Waals surface area contributed by atoms with E-state index in [0.29, 0.717) is 17.1 Å². The molecule has 2 aromatic rings. The van der Waals surface area contributed by atoms with Crippen LogP contribution in [0.15, 0.2) is 48.1 Å². The molecule has 2 amide bonds. The highest BCUT2D eigenvalue weighted by molar-refractivity contribution is 6.35. The molecule has 8 atom stereocenters. The number of halogens is 3. The molecule has 0 saturated carbocycles. The number of ether oxygens (including phenoxy) is 4. The highest BCUT2D eigenvalue weighted by Crippen LogP contribution is 2.49. The molecule has 3 heterocycles. The normalized spacial score (nSPS) is 30.7. The first-order valence-electron chi connectivity index (χ1n) is 17.9. The number of amides is 2. The van der Waals surface area contributed by atoms with Gasteiger partial charge in [0.05, 0.1) is 45.9 Å². The van der Waals surface area contributed by atoms with Gasteiger partial charge in [-0.15, -0.1) is 0 Å². The second-order valence-electron chi connectivity index (χ2n) is 15.1. The quantitative estimate of drug-likeness (QED) is 0.216. The Morgan fingerprint density at radius 1 is 1.18 bits per heavy atom. The summed E-state index contributed by atoms with van der Waals surface area (Å²) in [6.45, 7) is 8.68. The average Bonchev–Trinajstić information content (AvgIpc) is 3.82. The number of esters is 2. The number of hydrogen-bond acceptors (Lipinski definition) is 10. The molecule has 15 heteroatoms. The van der Waals surface area contributed by atoms with E-state index < -0.39 is 77.1 Å². The number of methoxy groups -OCH3 is 1. The summed E-state index contributed by atoms with van der Waals surface area (Å²) >= 11 is 13.0. The Morgan fingerprint density at radius 3 is 2.55 bits per heavy atom. The molecule has 4 bridgehead atoms. The van der Waals surface area contributed by atoms with Gasteiger partial charge in [0.15, 0.2) is 0 Å². The molecule has 0 aromatic heterocycles. The summed E-state index contributed by atoms with van der Waals surface area (Å²) in [6, 6.07) is 4.53. The summed E-state index contributed by atoms with van der Waals surface area (Å²) < 4.78 is 38.1. The molecule has 3 aliphatic heterocycles. The summed E-state index contributed by atoms with van der Waals surface area (Å²) in [5.74, 6) is -4.11. The zero-order valence-corrected chi connectivity index (χ0v) is 33.7. The lowest BCUT2D eigenvalue weighted by Gasteiger charge is -2.41. The number of carbonyl (C=O) groups is 4. The van der Waals surface area contributed by atoms with Crippen LogP contribution in [-0.4, -0.2) is 96.6 Å². The van der Waals surface area contributed by atoms with Crippen LogP contribution in [0.2, 0.25) is 10.0 Å². The standard InChI is InChI=1S/C40H48Cl2FN3O9/c1-20-10-9-11-31(52-8)40(51)18-30(53-34(48)19-40)22(3)36-39(5,55-36)32(17-33(47)46(7)29-14-24(12-20)13-21(2)35(29)42)54-38(50)23(4)45(6)37(49)25-15-27(43)28(44)16-26(25)41/h9-11,13-16,22-23,30-32,36,51H,12,17-19,44H2,1-8H3/b11-9+,20-10+/t22-,23+,30+,31-,32+,36+,39+,40-/m1/s1. The third-order valence-electron chi connectivity index (χ3n) is 11.0. The first-order chi connectivity index (χ1) is 25.7. The van der Waals surface area contributed by atoms with E-state index in [0.717, 1.165) is 33.7 Å². The number of epoxide rings is 1. The minimum Gasteiger partial charge on any atom is -0.462 e. The Hall–Kier alpha value is -4.01. The largest absolute Gasteiger partial charge is 0.462 e. The molecule has 0 aliphatic carbocycles. The van der Waals surface area contributed by atoms with Crippen molar-refractivity contribution in [1.82, 2.24) is 4.90 Å². The van der Waals surface area contributed by atoms with E-state index in [-0.39, 0.29) is 35.5 Å². The van der Waals surface area contributed by atoms with Crippen molar-refractivity contribution in [3.8, 4) is 0 Å². The molecule has 55 heavy (non-hydrogen) atoms. The van der Waals surface area contributed by atoms with Crippen molar-refractivity contribution < 1.29 is 47.6 Å². The lowest BCUT2D eigenvalue weighted by atomic mass is 9.78. The highest BCUT2D eigenvalue weighted by atomic mass is 35.5. The van der Waals surface area contributed by atoms with Crippen LogP contribution < -0.4 is 10.6 Å². The van der Waals surface area contributed by atoms with E-state index in [2.05, 4.69) is 0 Å². The summed E-state index contributed by atoms with van der Waals surface area (Å²) in [5, 5.41) is 12.1. The van der Waals surface area contributed by atoms with Crippen molar-refractivity contribution in [3.05, 3.63) is 80.6 Å². The van der Waals surface area contributed by atoms with Crippen LogP contribution >= 0.6 is 23.2 Å². The van der Waals surface area contributed by atoms with E-state index in [9.17, 15) is 28.7 Å². The molecular weight excluding hydrogens is 756 g/mol. The Bertz CT molecular complexity index is 1940. The first kappa shape index (κ1) is 42.1. The summed E-state index contributed by atoms with van der Waals surface area (Å²) in [5.41, 5.74) is 5.30. The van der Waals surface area contributed by atoms with Crippen LogP contribution in [-0.2, 0) is 39.8 Å². The van der Waals surface area contributed by atoms with E-state index in [1.165, 1.54) is 26.0 Å². The van der Waals surface area contributed by atoms with Crippen LogP contribution in [0.1, 0.15) is 68.4 Å². The van der Waals surface area contributed by atoms with Gasteiger partial charge in [-0.3, -0.25) is 14.4 Å². The summed E-state index contributed by atoms with van der Waals surface area (Å²) in [7, 11) is 4.37. The van der Waals surface area contributed by atoms with Crippen molar-refractivity contribution in [2.45, 2.75) is 102 Å². The number of anilines is 2. The molecule has 3 aliphatic rings. The molecular formula is C40H48Cl2FN3O9. The van der Waals surface area contributed by atoms with Crippen molar-refractivity contribution in [2.75, 3.05) is 31.8 Å². The fourth-order valence-corrected chi connectivity index (χ4v) is 7.87. The number of benzene rings is 2. The molecule has 3 N–H and O–H groups in total. The molecule has 0 radical (unpaired) electrons. The maximum absolute atomic E-state index is 14.3. The second kappa shape index (κ2) is 16.2. The predicted molar refractivity (Wildman–Crippen MR) is 205 cm³/mol. The molecule has 0 unspecified atom stereocenters. The zero-order valence-electron chi connectivity index (χ0n) is 32.2. The van der Waals surface area contributed by atoms with Crippen molar-refractivity contribution in [2.24, 2.45) is 5.92 Å². The molecule has 5 rings (SSSR count). The Labute approximate surface area is 330 Å². The van der Waals surface area contributed by atoms with Crippen LogP contribution in [0.25, 0.3) is 0 Å². The number of hydrogen-bond donors (Lipinski definition) is 2. The molecule has 12 nitrogen and oxygen atoms in total. The molecule has 0 spiro atoms. The zero-order chi connectivity index (χ0) is 40.7. The minimum atomic E-state index is -1.61. The lowest BCUT2D eigenvalue weighted by molar-refractivity contribution is -0.187. The fourth-order valence-electron chi connectivity index (χ4n) is 7.38. The van der Waals surface area contributed by atoms with Crippen molar-refractivity contribution >= 4 is 58.3 Å². The van der Waals surface area contributed by atoms with E-state index in [1.807, 2.05) is 32.1 Å². The monoisotopic (exact) mass is 803 g/mol. The average molecular weight is 805 g/mol. The van der Waals surface area contributed by atoms with Gasteiger partial charge in [-0.2, -0.15) is 0 Å². The first-order valence-corrected chi connectivity index (χ1v) is 18.7. The SMILES string of the molecule is CO[C@@H]1/C=C/C=C(\C)Cc2cc(C)c(Cl)c(c2)N(C)C(=O)C[C@H](OC(=O)[C@H](C)N(C)C(=O)c2cc(F)c(N)cc2Cl)[C@]2(C)O[C@H]2[C@H](C)[C@@H]2C[C@@]1(O)CC(=O)O2. The maximum atomic E-state index is 14.3. The van der Waals surface area contributed by atoms with Crippen LogP contribution in [0, 0.1) is 18.7 Å². The number of carbonyl (C=O) groups excluding carboxylic acids is 4. The number of allylic oxidation sites excluding steroid dienone is 3. The van der Waals surface area contributed by atoms with E-state index >= 15 is 0 Å². The Balaban J connectivity index is 1.51. The van der Waals surface area contributed by atoms with Gasteiger partial charge in [-0.1, -0.05) is 60.0 Å². The molecule has 2 saturated heterocycles.